The van der Waals surface area contributed by atoms with E-state index in [9.17, 15) is 14.4 Å². The second-order valence-electron chi connectivity index (χ2n) is 7.24. The molecule has 2 aromatic rings. The van der Waals surface area contributed by atoms with Crippen LogP contribution in [0.3, 0.4) is 0 Å². The van der Waals surface area contributed by atoms with E-state index in [1.54, 1.807) is 29.2 Å². The Morgan fingerprint density at radius 3 is 2.03 bits per heavy atom. The number of carbonyl (C=O) groups excluding carboxylic acids is 3. The third-order valence-corrected chi connectivity index (χ3v) is 5.37. The Labute approximate surface area is 170 Å². The third-order valence-electron chi connectivity index (χ3n) is 5.37. The first-order chi connectivity index (χ1) is 14.1. The maximum Gasteiger partial charge on any atom is 0.262 e. The Hall–Kier alpha value is -3.25. The van der Waals surface area contributed by atoms with Crippen LogP contribution in [0.1, 0.15) is 26.3 Å². The van der Waals surface area contributed by atoms with Gasteiger partial charge in [0.2, 0.25) is 5.91 Å². The molecule has 6 nitrogen and oxygen atoms in total. The van der Waals surface area contributed by atoms with Crippen LogP contribution >= 0.6 is 0 Å². The van der Waals surface area contributed by atoms with Crippen molar-refractivity contribution in [3.63, 3.8) is 0 Å². The van der Waals surface area contributed by atoms with Crippen LogP contribution in [0.4, 0.5) is 0 Å². The first-order valence-corrected chi connectivity index (χ1v) is 9.80. The predicted molar refractivity (Wildman–Crippen MR) is 110 cm³/mol. The van der Waals surface area contributed by atoms with Crippen LogP contribution in [0.15, 0.2) is 60.7 Å². The van der Waals surface area contributed by atoms with E-state index in [2.05, 4.69) is 29.2 Å². The van der Waals surface area contributed by atoms with Gasteiger partial charge < -0.3 is 4.90 Å². The largest absolute Gasteiger partial charge is 0.339 e. The Morgan fingerprint density at radius 1 is 0.828 bits per heavy atom. The molecule has 2 aliphatic heterocycles. The molecule has 29 heavy (non-hydrogen) atoms. The van der Waals surface area contributed by atoms with E-state index in [4.69, 9.17) is 0 Å². The van der Waals surface area contributed by atoms with E-state index in [0.29, 0.717) is 24.2 Å². The van der Waals surface area contributed by atoms with Crippen LogP contribution in [0, 0.1) is 0 Å². The SMILES string of the molecule is O=C(CN1C(=O)c2ccccc2C1=O)N1CCN(C/C=C\c2ccccc2)CC1. The summed E-state index contributed by atoms with van der Waals surface area (Å²) in [6.07, 6.45) is 4.23. The minimum atomic E-state index is -0.386. The molecule has 0 unspecified atom stereocenters. The minimum absolute atomic E-state index is 0.181. The Morgan fingerprint density at radius 2 is 1.41 bits per heavy atom. The molecule has 0 atom stereocenters. The Bertz CT molecular complexity index is 912. The highest BCUT2D eigenvalue weighted by atomic mass is 16.2. The van der Waals surface area contributed by atoms with Crippen LogP contribution in [0.2, 0.25) is 0 Å². The molecule has 2 aromatic carbocycles. The lowest BCUT2D eigenvalue weighted by Crippen LogP contribution is -2.51. The van der Waals surface area contributed by atoms with Crippen molar-refractivity contribution < 1.29 is 14.4 Å². The van der Waals surface area contributed by atoms with Crippen molar-refractivity contribution in [3.8, 4) is 0 Å². The highest BCUT2D eigenvalue weighted by Crippen LogP contribution is 2.22. The van der Waals surface area contributed by atoms with Gasteiger partial charge in [0, 0.05) is 32.7 Å². The fourth-order valence-electron chi connectivity index (χ4n) is 3.70. The van der Waals surface area contributed by atoms with Crippen LogP contribution in [-0.2, 0) is 4.79 Å². The average Bonchev–Trinajstić information content (AvgIpc) is 3.00. The van der Waals surface area contributed by atoms with Crippen LogP contribution < -0.4 is 0 Å². The summed E-state index contributed by atoms with van der Waals surface area (Å²) < 4.78 is 0. The summed E-state index contributed by atoms with van der Waals surface area (Å²) >= 11 is 0. The molecule has 0 N–H and O–H groups in total. The molecule has 3 amide bonds. The predicted octanol–water partition coefficient (Wildman–Crippen LogP) is 2.14. The van der Waals surface area contributed by atoms with E-state index in [1.807, 2.05) is 18.2 Å². The summed E-state index contributed by atoms with van der Waals surface area (Å²) in [5.41, 5.74) is 1.92. The molecule has 0 saturated carbocycles. The molecule has 2 aliphatic rings. The van der Waals surface area contributed by atoms with Crippen LogP contribution in [0.5, 0.6) is 0 Å². The summed E-state index contributed by atoms with van der Waals surface area (Å²) in [5, 5.41) is 0. The maximum absolute atomic E-state index is 12.6. The van der Waals surface area contributed by atoms with Crippen molar-refractivity contribution in [3.05, 3.63) is 77.4 Å². The van der Waals surface area contributed by atoms with E-state index < -0.39 is 0 Å². The molecule has 148 valence electrons. The molecule has 2 heterocycles. The van der Waals surface area contributed by atoms with Gasteiger partial charge in [0.1, 0.15) is 6.54 Å². The number of rotatable bonds is 5. The number of amides is 3. The van der Waals surface area contributed by atoms with Crippen molar-refractivity contribution >= 4 is 23.8 Å². The summed E-state index contributed by atoms with van der Waals surface area (Å²) in [6, 6.07) is 16.8. The van der Waals surface area contributed by atoms with E-state index in [1.165, 1.54) is 5.56 Å². The fraction of sp³-hybridized carbons (Fsp3) is 0.261. The molecule has 0 spiro atoms. The highest BCUT2D eigenvalue weighted by molar-refractivity contribution is 6.22. The number of fused-ring (bicyclic) bond motifs is 1. The normalized spacial score (nSPS) is 17.2. The van der Waals surface area contributed by atoms with Gasteiger partial charge in [-0.05, 0) is 17.7 Å². The number of piperazine rings is 1. The first-order valence-electron chi connectivity index (χ1n) is 9.80. The van der Waals surface area contributed by atoms with E-state index >= 15 is 0 Å². The minimum Gasteiger partial charge on any atom is -0.339 e. The molecule has 0 radical (unpaired) electrons. The smallest absolute Gasteiger partial charge is 0.262 e. The monoisotopic (exact) mass is 389 g/mol. The van der Waals surface area contributed by atoms with Gasteiger partial charge >= 0.3 is 0 Å². The van der Waals surface area contributed by atoms with Gasteiger partial charge in [-0.1, -0.05) is 54.6 Å². The van der Waals surface area contributed by atoms with Gasteiger partial charge in [-0.25, -0.2) is 0 Å². The molecular formula is C23H23N3O3. The molecule has 6 heteroatoms. The second-order valence-corrected chi connectivity index (χ2v) is 7.24. The second kappa shape index (κ2) is 8.41. The fourth-order valence-corrected chi connectivity index (χ4v) is 3.70. The molecule has 0 aliphatic carbocycles. The third kappa shape index (κ3) is 4.12. The lowest BCUT2D eigenvalue weighted by atomic mass is 10.1. The summed E-state index contributed by atoms with van der Waals surface area (Å²) in [4.78, 5) is 42.6. The van der Waals surface area contributed by atoms with Crippen LogP contribution in [0.25, 0.3) is 6.08 Å². The zero-order chi connectivity index (χ0) is 20.2. The molecule has 1 fully saturated rings. The summed E-state index contributed by atoms with van der Waals surface area (Å²) in [5.74, 6) is -0.953. The van der Waals surface area contributed by atoms with Crippen molar-refractivity contribution in [1.29, 1.82) is 0 Å². The Balaban J connectivity index is 1.27. The maximum atomic E-state index is 12.6. The van der Waals surface area contributed by atoms with Gasteiger partial charge in [-0.2, -0.15) is 0 Å². The van der Waals surface area contributed by atoms with E-state index in [0.717, 1.165) is 24.5 Å². The van der Waals surface area contributed by atoms with Gasteiger partial charge in [0.25, 0.3) is 11.8 Å². The molecule has 0 bridgehead atoms. The van der Waals surface area contributed by atoms with Gasteiger partial charge in [-0.15, -0.1) is 0 Å². The van der Waals surface area contributed by atoms with E-state index in [-0.39, 0.29) is 24.3 Å². The van der Waals surface area contributed by atoms with Gasteiger partial charge in [-0.3, -0.25) is 24.2 Å². The Kier molecular flexibility index (Phi) is 5.53. The van der Waals surface area contributed by atoms with Gasteiger partial charge in [0.05, 0.1) is 11.1 Å². The standard InChI is InChI=1S/C23H23N3O3/c27-21(17-26-22(28)19-10-4-5-11-20(19)23(26)29)25-15-13-24(14-16-25)12-6-9-18-7-2-1-3-8-18/h1-11H,12-17H2/b9-6-. The number of carbonyl (C=O) groups is 3. The first kappa shape index (κ1) is 19.1. The molecule has 0 aromatic heterocycles. The van der Waals surface area contributed by atoms with Crippen molar-refractivity contribution in [2.45, 2.75) is 0 Å². The molecule has 4 rings (SSSR count). The van der Waals surface area contributed by atoms with Crippen LogP contribution in [-0.4, -0.2) is 71.7 Å². The number of hydrogen-bond acceptors (Lipinski definition) is 4. The quantitative estimate of drug-likeness (QED) is 0.735. The zero-order valence-electron chi connectivity index (χ0n) is 16.2. The summed E-state index contributed by atoms with van der Waals surface area (Å²) in [7, 11) is 0. The van der Waals surface area contributed by atoms with Gasteiger partial charge in [0.15, 0.2) is 0 Å². The van der Waals surface area contributed by atoms with Crippen molar-refractivity contribution in [2.24, 2.45) is 0 Å². The lowest BCUT2D eigenvalue weighted by molar-refractivity contribution is -0.133. The number of benzene rings is 2. The number of imide groups is 1. The van der Waals surface area contributed by atoms with Crippen molar-refractivity contribution in [1.82, 2.24) is 14.7 Å². The molecule has 1 saturated heterocycles. The average molecular weight is 389 g/mol. The number of nitrogens with zero attached hydrogens (tertiary/aromatic N) is 3. The van der Waals surface area contributed by atoms with Crippen molar-refractivity contribution in [2.75, 3.05) is 39.3 Å². The number of hydrogen-bond donors (Lipinski definition) is 0. The summed E-state index contributed by atoms with van der Waals surface area (Å²) in [6.45, 7) is 3.37. The highest BCUT2D eigenvalue weighted by Gasteiger charge is 2.37. The lowest BCUT2D eigenvalue weighted by Gasteiger charge is -2.34. The molecular weight excluding hydrogens is 366 g/mol. The zero-order valence-corrected chi connectivity index (χ0v) is 16.2. The topological polar surface area (TPSA) is 60.9 Å².